The maximum absolute atomic E-state index is 12.0. The molecule has 98 valence electrons. The van der Waals surface area contributed by atoms with Gasteiger partial charge in [0.25, 0.3) is 0 Å². The summed E-state index contributed by atoms with van der Waals surface area (Å²) < 4.78 is 5.26. The third-order valence-electron chi connectivity index (χ3n) is 2.95. The van der Waals surface area contributed by atoms with E-state index in [0.29, 0.717) is 18.9 Å². The first-order valence-corrected chi connectivity index (χ1v) is 6.67. The Balaban J connectivity index is 2.10. The van der Waals surface area contributed by atoms with Gasteiger partial charge in [0.1, 0.15) is 4.88 Å². The number of aryl methyl sites for hydroxylation is 1. The van der Waals surface area contributed by atoms with Crippen molar-refractivity contribution >= 4 is 28.9 Å². The average Bonchev–Trinajstić information content (AvgIpc) is 2.72. The van der Waals surface area contributed by atoms with E-state index in [9.17, 15) is 9.59 Å². The second kappa shape index (κ2) is 5.49. The number of amides is 1. The van der Waals surface area contributed by atoms with E-state index in [1.165, 1.54) is 0 Å². The summed E-state index contributed by atoms with van der Waals surface area (Å²) in [5.41, 5.74) is 1.20. The summed E-state index contributed by atoms with van der Waals surface area (Å²) >= 11 is 1.13. The van der Waals surface area contributed by atoms with Crippen LogP contribution in [0.15, 0.2) is 5.38 Å². The second-order valence-electron chi connectivity index (χ2n) is 4.33. The highest BCUT2D eigenvalue weighted by atomic mass is 32.1. The van der Waals surface area contributed by atoms with Crippen molar-refractivity contribution in [2.75, 3.05) is 18.5 Å². The van der Waals surface area contributed by atoms with Crippen LogP contribution in [-0.2, 0) is 9.53 Å². The third-order valence-corrected chi connectivity index (χ3v) is 4.03. The highest BCUT2D eigenvalue weighted by Gasteiger charge is 2.24. The van der Waals surface area contributed by atoms with Crippen molar-refractivity contribution in [2.45, 2.75) is 19.8 Å². The lowest BCUT2D eigenvalue weighted by Crippen LogP contribution is -2.30. The number of hydrogen-bond donors (Lipinski definition) is 2. The highest BCUT2D eigenvalue weighted by molar-refractivity contribution is 7.12. The van der Waals surface area contributed by atoms with Crippen LogP contribution in [0.3, 0.4) is 0 Å². The number of ether oxygens (including phenoxy) is 1. The standard InChI is InChI=1S/C12H15NO4S/c1-7-6-18-10(12(15)16)9(7)13-11(14)8-3-2-4-17-5-8/h6,8H,2-5H2,1H3,(H,13,14)(H,15,16). The molecule has 2 heterocycles. The number of nitrogens with one attached hydrogen (secondary N) is 1. The first-order valence-electron chi connectivity index (χ1n) is 5.79. The van der Waals surface area contributed by atoms with Crippen LogP contribution in [0.4, 0.5) is 5.69 Å². The topological polar surface area (TPSA) is 75.6 Å². The number of aromatic carboxylic acids is 1. The van der Waals surface area contributed by atoms with E-state index in [2.05, 4.69) is 5.32 Å². The number of anilines is 1. The van der Waals surface area contributed by atoms with Crippen LogP contribution in [0.5, 0.6) is 0 Å². The summed E-state index contributed by atoms with van der Waals surface area (Å²) in [6.07, 6.45) is 1.66. The van der Waals surface area contributed by atoms with Gasteiger partial charge < -0.3 is 15.2 Å². The first-order chi connectivity index (χ1) is 8.59. The molecule has 1 aliphatic rings. The van der Waals surface area contributed by atoms with Crippen molar-refractivity contribution < 1.29 is 19.4 Å². The fourth-order valence-corrected chi connectivity index (χ4v) is 2.77. The van der Waals surface area contributed by atoms with Crippen LogP contribution < -0.4 is 5.32 Å². The van der Waals surface area contributed by atoms with Crippen LogP contribution in [0, 0.1) is 12.8 Å². The van der Waals surface area contributed by atoms with Crippen molar-refractivity contribution in [2.24, 2.45) is 5.92 Å². The molecule has 1 saturated heterocycles. The highest BCUT2D eigenvalue weighted by Crippen LogP contribution is 2.28. The molecule has 0 bridgehead atoms. The van der Waals surface area contributed by atoms with E-state index in [4.69, 9.17) is 9.84 Å². The Bertz CT molecular complexity index is 463. The Hall–Kier alpha value is -1.40. The molecule has 1 aliphatic heterocycles. The molecule has 2 N–H and O–H groups in total. The Kier molecular flexibility index (Phi) is 3.98. The van der Waals surface area contributed by atoms with Gasteiger partial charge in [-0.3, -0.25) is 4.79 Å². The zero-order chi connectivity index (χ0) is 13.1. The quantitative estimate of drug-likeness (QED) is 0.881. The molecule has 0 aliphatic carbocycles. The maximum atomic E-state index is 12.0. The summed E-state index contributed by atoms with van der Waals surface area (Å²) in [4.78, 5) is 23.2. The fraction of sp³-hybridized carbons (Fsp3) is 0.500. The summed E-state index contributed by atoms with van der Waals surface area (Å²) in [7, 11) is 0. The van der Waals surface area contributed by atoms with Crippen molar-refractivity contribution in [1.29, 1.82) is 0 Å². The van der Waals surface area contributed by atoms with Gasteiger partial charge in [-0.15, -0.1) is 11.3 Å². The van der Waals surface area contributed by atoms with Crippen LogP contribution in [0.25, 0.3) is 0 Å². The van der Waals surface area contributed by atoms with Gasteiger partial charge in [0.05, 0.1) is 18.2 Å². The molecule has 1 aromatic heterocycles. The third kappa shape index (κ3) is 2.70. The molecule has 6 heteroatoms. The molecular formula is C12H15NO4S. The van der Waals surface area contributed by atoms with Crippen LogP contribution in [-0.4, -0.2) is 30.2 Å². The monoisotopic (exact) mass is 269 g/mol. The second-order valence-corrected chi connectivity index (χ2v) is 5.21. The number of rotatable bonds is 3. The minimum absolute atomic E-state index is 0.154. The lowest BCUT2D eigenvalue weighted by atomic mass is 10.0. The molecule has 1 amide bonds. The molecule has 18 heavy (non-hydrogen) atoms. The molecule has 0 radical (unpaired) electrons. The zero-order valence-corrected chi connectivity index (χ0v) is 10.9. The van der Waals surface area contributed by atoms with Crippen LogP contribution >= 0.6 is 11.3 Å². The smallest absolute Gasteiger partial charge is 0.348 e. The van der Waals surface area contributed by atoms with Crippen molar-refractivity contribution in [1.82, 2.24) is 0 Å². The molecule has 1 atom stereocenters. The van der Waals surface area contributed by atoms with E-state index in [1.54, 1.807) is 12.3 Å². The number of carbonyl (C=O) groups is 2. The molecule has 1 aromatic rings. The van der Waals surface area contributed by atoms with E-state index < -0.39 is 5.97 Å². The Morgan fingerprint density at radius 1 is 1.56 bits per heavy atom. The maximum Gasteiger partial charge on any atom is 0.348 e. The van der Waals surface area contributed by atoms with Gasteiger partial charge in [0.2, 0.25) is 5.91 Å². The normalized spacial score (nSPS) is 19.5. The molecule has 5 nitrogen and oxygen atoms in total. The summed E-state index contributed by atoms with van der Waals surface area (Å²) in [6.45, 7) is 2.90. The SMILES string of the molecule is Cc1csc(C(=O)O)c1NC(=O)C1CCCOC1. The van der Waals surface area contributed by atoms with Gasteiger partial charge in [-0.25, -0.2) is 4.79 Å². The predicted molar refractivity (Wildman–Crippen MR) is 68.2 cm³/mol. The molecular weight excluding hydrogens is 254 g/mol. The number of thiophene rings is 1. The van der Waals surface area contributed by atoms with Crippen LogP contribution in [0.2, 0.25) is 0 Å². The minimum atomic E-state index is -1.01. The average molecular weight is 269 g/mol. The largest absolute Gasteiger partial charge is 0.477 e. The van der Waals surface area contributed by atoms with Gasteiger partial charge in [0, 0.05) is 6.61 Å². The number of hydrogen-bond acceptors (Lipinski definition) is 4. The Morgan fingerprint density at radius 2 is 2.33 bits per heavy atom. The van der Waals surface area contributed by atoms with Gasteiger partial charge in [-0.1, -0.05) is 0 Å². The summed E-state index contributed by atoms with van der Waals surface area (Å²) in [5, 5.41) is 13.5. The number of carboxylic acid groups (broad SMARTS) is 1. The van der Waals surface area contributed by atoms with Crippen molar-refractivity contribution in [3.05, 3.63) is 15.8 Å². The van der Waals surface area contributed by atoms with Gasteiger partial charge in [-0.2, -0.15) is 0 Å². The first kappa shape index (κ1) is 13.0. The Labute approximate surface area is 109 Å². The molecule has 1 unspecified atom stereocenters. The molecule has 2 rings (SSSR count). The zero-order valence-electron chi connectivity index (χ0n) is 10.1. The van der Waals surface area contributed by atoms with Gasteiger partial charge in [-0.05, 0) is 30.7 Å². The van der Waals surface area contributed by atoms with Gasteiger partial charge in [0.15, 0.2) is 0 Å². The lowest BCUT2D eigenvalue weighted by Gasteiger charge is -2.21. The molecule has 0 saturated carbocycles. The summed E-state index contributed by atoms with van der Waals surface area (Å²) in [5.74, 6) is -1.35. The summed E-state index contributed by atoms with van der Waals surface area (Å²) in [6, 6.07) is 0. The lowest BCUT2D eigenvalue weighted by molar-refractivity contribution is -0.123. The number of carbonyl (C=O) groups excluding carboxylic acids is 1. The van der Waals surface area contributed by atoms with Gasteiger partial charge >= 0.3 is 5.97 Å². The Morgan fingerprint density at radius 3 is 2.94 bits per heavy atom. The van der Waals surface area contributed by atoms with E-state index in [-0.39, 0.29) is 16.7 Å². The van der Waals surface area contributed by atoms with E-state index in [0.717, 1.165) is 29.7 Å². The predicted octanol–water partition coefficient (Wildman–Crippen LogP) is 2.12. The van der Waals surface area contributed by atoms with E-state index in [1.807, 2.05) is 0 Å². The molecule has 0 aromatic carbocycles. The number of carboxylic acids is 1. The van der Waals surface area contributed by atoms with Crippen LogP contribution in [0.1, 0.15) is 28.1 Å². The minimum Gasteiger partial charge on any atom is -0.477 e. The molecule has 1 fully saturated rings. The van der Waals surface area contributed by atoms with Crippen molar-refractivity contribution in [3.63, 3.8) is 0 Å². The van der Waals surface area contributed by atoms with Crippen molar-refractivity contribution in [3.8, 4) is 0 Å². The molecule has 0 spiro atoms. The van der Waals surface area contributed by atoms with E-state index >= 15 is 0 Å². The fourth-order valence-electron chi connectivity index (χ4n) is 1.93.